The third-order valence-electron chi connectivity index (χ3n) is 4.14. The number of nitrogens with zero attached hydrogens (tertiary/aromatic N) is 2. The van der Waals surface area contributed by atoms with Gasteiger partial charge < -0.3 is 15.5 Å². The number of rotatable bonds is 5. The second kappa shape index (κ2) is 6.92. The van der Waals surface area contributed by atoms with Gasteiger partial charge in [0.15, 0.2) is 0 Å². The van der Waals surface area contributed by atoms with E-state index in [9.17, 15) is 0 Å². The molecule has 1 heterocycles. The van der Waals surface area contributed by atoms with Gasteiger partial charge in [0.1, 0.15) is 0 Å². The molecular formula is C16H27N3. The van der Waals surface area contributed by atoms with E-state index in [-0.39, 0.29) is 0 Å². The molecule has 0 spiro atoms. The molecule has 3 nitrogen and oxygen atoms in total. The topological polar surface area (TPSA) is 32.5 Å². The minimum Gasteiger partial charge on any atom is -0.369 e. The summed E-state index contributed by atoms with van der Waals surface area (Å²) >= 11 is 0. The molecule has 1 unspecified atom stereocenters. The van der Waals surface area contributed by atoms with Crippen molar-refractivity contribution in [2.75, 3.05) is 37.6 Å². The van der Waals surface area contributed by atoms with Crippen molar-refractivity contribution >= 4 is 5.69 Å². The molecule has 1 aliphatic rings. The van der Waals surface area contributed by atoms with Gasteiger partial charge in [0.2, 0.25) is 0 Å². The standard InChI is InChI=1S/C16H27N3/c1-3-15(17)13-14-5-7-16(8-6-14)19-11-9-18(4-2)10-12-19/h5-8,15H,3-4,9-13,17H2,1-2H3. The lowest BCUT2D eigenvalue weighted by Crippen LogP contribution is -2.46. The van der Waals surface area contributed by atoms with Gasteiger partial charge in [-0.1, -0.05) is 26.0 Å². The monoisotopic (exact) mass is 261 g/mol. The van der Waals surface area contributed by atoms with E-state index < -0.39 is 0 Å². The normalized spacial score (nSPS) is 18.6. The highest BCUT2D eigenvalue weighted by Gasteiger charge is 2.15. The molecule has 0 aliphatic carbocycles. The molecule has 0 bridgehead atoms. The van der Waals surface area contributed by atoms with Crippen LogP contribution in [0.5, 0.6) is 0 Å². The van der Waals surface area contributed by atoms with E-state index in [1.54, 1.807) is 0 Å². The largest absolute Gasteiger partial charge is 0.369 e. The highest BCUT2D eigenvalue weighted by molar-refractivity contribution is 5.48. The molecule has 2 rings (SSSR count). The first-order chi connectivity index (χ1) is 9.22. The number of benzene rings is 1. The number of likely N-dealkylation sites (N-methyl/N-ethyl adjacent to an activating group) is 1. The summed E-state index contributed by atoms with van der Waals surface area (Å²) in [6, 6.07) is 9.26. The van der Waals surface area contributed by atoms with Crippen molar-refractivity contribution in [3.05, 3.63) is 29.8 Å². The molecule has 19 heavy (non-hydrogen) atoms. The zero-order chi connectivity index (χ0) is 13.7. The second-order valence-corrected chi connectivity index (χ2v) is 5.46. The fourth-order valence-electron chi connectivity index (χ4n) is 2.61. The maximum Gasteiger partial charge on any atom is 0.0367 e. The Morgan fingerprint density at radius 2 is 1.68 bits per heavy atom. The van der Waals surface area contributed by atoms with E-state index in [4.69, 9.17) is 5.73 Å². The fraction of sp³-hybridized carbons (Fsp3) is 0.625. The van der Waals surface area contributed by atoms with Crippen LogP contribution < -0.4 is 10.6 Å². The Morgan fingerprint density at radius 3 is 2.21 bits per heavy atom. The molecule has 0 radical (unpaired) electrons. The zero-order valence-electron chi connectivity index (χ0n) is 12.3. The minimum atomic E-state index is 0.291. The van der Waals surface area contributed by atoms with Crippen LogP contribution >= 0.6 is 0 Å². The van der Waals surface area contributed by atoms with Crippen molar-refractivity contribution in [3.8, 4) is 0 Å². The van der Waals surface area contributed by atoms with Gasteiger partial charge in [0.25, 0.3) is 0 Å². The average molecular weight is 261 g/mol. The molecule has 3 heteroatoms. The van der Waals surface area contributed by atoms with E-state index in [0.29, 0.717) is 6.04 Å². The van der Waals surface area contributed by atoms with Crippen LogP contribution in [0.3, 0.4) is 0 Å². The molecule has 1 aromatic carbocycles. The predicted octanol–water partition coefficient (Wildman–Crippen LogP) is 2.11. The summed E-state index contributed by atoms with van der Waals surface area (Å²) in [5.74, 6) is 0. The summed E-state index contributed by atoms with van der Waals surface area (Å²) in [5.41, 5.74) is 8.70. The Hall–Kier alpha value is -1.06. The van der Waals surface area contributed by atoms with Crippen molar-refractivity contribution in [2.45, 2.75) is 32.7 Å². The van der Waals surface area contributed by atoms with Crippen LogP contribution in [-0.4, -0.2) is 43.7 Å². The second-order valence-electron chi connectivity index (χ2n) is 5.46. The van der Waals surface area contributed by atoms with Crippen molar-refractivity contribution < 1.29 is 0 Å². The van der Waals surface area contributed by atoms with Gasteiger partial charge in [-0.05, 0) is 37.1 Å². The Morgan fingerprint density at radius 1 is 1.05 bits per heavy atom. The lowest BCUT2D eigenvalue weighted by molar-refractivity contribution is 0.271. The van der Waals surface area contributed by atoms with Crippen LogP contribution in [0.25, 0.3) is 0 Å². The van der Waals surface area contributed by atoms with Crippen LogP contribution in [0.15, 0.2) is 24.3 Å². The Kier molecular flexibility index (Phi) is 5.23. The molecule has 1 atom stereocenters. The van der Waals surface area contributed by atoms with Crippen LogP contribution in [0.4, 0.5) is 5.69 Å². The Balaban J connectivity index is 1.91. The summed E-state index contributed by atoms with van der Waals surface area (Å²) in [7, 11) is 0. The third kappa shape index (κ3) is 3.95. The third-order valence-corrected chi connectivity index (χ3v) is 4.14. The molecule has 0 aromatic heterocycles. The number of piperazine rings is 1. The smallest absolute Gasteiger partial charge is 0.0367 e. The maximum absolute atomic E-state index is 6.00. The molecule has 2 N–H and O–H groups in total. The molecule has 0 amide bonds. The van der Waals surface area contributed by atoms with Gasteiger partial charge in [-0.15, -0.1) is 0 Å². The van der Waals surface area contributed by atoms with Gasteiger partial charge in [-0.3, -0.25) is 0 Å². The first-order valence-electron chi connectivity index (χ1n) is 7.54. The van der Waals surface area contributed by atoms with Crippen LogP contribution in [0.2, 0.25) is 0 Å². The number of anilines is 1. The predicted molar refractivity (Wildman–Crippen MR) is 82.7 cm³/mol. The van der Waals surface area contributed by atoms with Crippen molar-refractivity contribution in [2.24, 2.45) is 5.73 Å². The van der Waals surface area contributed by atoms with E-state index in [2.05, 4.69) is 47.9 Å². The summed E-state index contributed by atoms with van der Waals surface area (Å²) < 4.78 is 0. The number of hydrogen-bond acceptors (Lipinski definition) is 3. The van der Waals surface area contributed by atoms with Crippen LogP contribution in [0.1, 0.15) is 25.8 Å². The number of nitrogens with two attached hydrogens (primary N) is 1. The molecular weight excluding hydrogens is 234 g/mol. The number of hydrogen-bond donors (Lipinski definition) is 1. The van der Waals surface area contributed by atoms with E-state index in [1.165, 1.54) is 30.9 Å². The summed E-state index contributed by atoms with van der Waals surface area (Å²) in [6.07, 6.45) is 2.03. The van der Waals surface area contributed by atoms with Crippen LogP contribution in [0, 0.1) is 0 Å². The molecule has 1 saturated heterocycles. The van der Waals surface area contributed by atoms with Gasteiger partial charge in [0, 0.05) is 37.9 Å². The zero-order valence-corrected chi connectivity index (χ0v) is 12.3. The Labute approximate surface area is 117 Å². The van der Waals surface area contributed by atoms with Gasteiger partial charge in [-0.2, -0.15) is 0 Å². The first-order valence-corrected chi connectivity index (χ1v) is 7.54. The van der Waals surface area contributed by atoms with Gasteiger partial charge >= 0.3 is 0 Å². The quantitative estimate of drug-likeness (QED) is 0.881. The minimum absolute atomic E-state index is 0.291. The Bertz CT molecular complexity index is 366. The summed E-state index contributed by atoms with van der Waals surface area (Å²) in [6.45, 7) is 10.2. The lowest BCUT2D eigenvalue weighted by atomic mass is 10.0. The molecule has 0 saturated carbocycles. The molecule has 1 fully saturated rings. The summed E-state index contributed by atoms with van der Waals surface area (Å²) in [4.78, 5) is 4.99. The lowest BCUT2D eigenvalue weighted by Gasteiger charge is -2.35. The van der Waals surface area contributed by atoms with Gasteiger partial charge in [0.05, 0.1) is 0 Å². The van der Waals surface area contributed by atoms with E-state index in [0.717, 1.165) is 25.9 Å². The molecule has 1 aliphatic heterocycles. The summed E-state index contributed by atoms with van der Waals surface area (Å²) in [5, 5.41) is 0. The highest BCUT2D eigenvalue weighted by Crippen LogP contribution is 2.18. The highest BCUT2D eigenvalue weighted by atomic mass is 15.3. The van der Waals surface area contributed by atoms with Crippen molar-refractivity contribution in [3.63, 3.8) is 0 Å². The van der Waals surface area contributed by atoms with E-state index in [1.807, 2.05) is 0 Å². The fourth-order valence-corrected chi connectivity index (χ4v) is 2.61. The SMILES string of the molecule is CCC(N)Cc1ccc(N2CCN(CC)CC2)cc1. The van der Waals surface area contributed by atoms with Crippen LogP contribution in [-0.2, 0) is 6.42 Å². The van der Waals surface area contributed by atoms with Gasteiger partial charge in [-0.25, -0.2) is 0 Å². The van der Waals surface area contributed by atoms with Crippen molar-refractivity contribution in [1.29, 1.82) is 0 Å². The van der Waals surface area contributed by atoms with E-state index >= 15 is 0 Å². The average Bonchev–Trinajstić information content (AvgIpc) is 2.48. The first kappa shape index (κ1) is 14.4. The molecule has 1 aromatic rings. The molecule has 106 valence electrons. The van der Waals surface area contributed by atoms with Crippen molar-refractivity contribution in [1.82, 2.24) is 4.90 Å². The maximum atomic E-state index is 6.00.